The van der Waals surface area contributed by atoms with Gasteiger partial charge in [-0.15, -0.1) is 0 Å². The highest BCUT2D eigenvalue weighted by Gasteiger charge is 2.26. The van der Waals surface area contributed by atoms with E-state index in [0.717, 1.165) is 60.6 Å². The predicted octanol–water partition coefficient (Wildman–Crippen LogP) is 2.72. The van der Waals surface area contributed by atoms with E-state index < -0.39 is 0 Å². The quantitative estimate of drug-likeness (QED) is 0.571. The van der Waals surface area contributed by atoms with Gasteiger partial charge in [0, 0.05) is 44.4 Å². The maximum absolute atomic E-state index is 13.3. The largest absolute Gasteiger partial charge is 0.368 e. The Morgan fingerprint density at radius 1 is 1.12 bits per heavy atom. The summed E-state index contributed by atoms with van der Waals surface area (Å²) >= 11 is 0. The third-order valence-corrected chi connectivity index (χ3v) is 5.75. The molecule has 0 bridgehead atoms. The first kappa shape index (κ1) is 22.0. The number of amides is 1. The number of nitrogens with zero attached hydrogens (tertiary/aromatic N) is 3. The van der Waals surface area contributed by atoms with Crippen molar-refractivity contribution in [2.75, 3.05) is 19.6 Å². The lowest BCUT2D eigenvalue weighted by atomic mass is 10.1. The number of aromatic nitrogens is 2. The first-order valence-electron chi connectivity index (χ1n) is 11.0. The van der Waals surface area contributed by atoms with Crippen LogP contribution in [0.25, 0.3) is 11.3 Å². The minimum atomic E-state index is -0.299. The smallest absolute Gasteiger partial charge is 0.236 e. The number of rotatable bonds is 8. The van der Waals surface area contributed by atoms with E-state index in [1.807, 2.05) is 24.3 Å². The van der Waals surface area contributed by atoms with E-state index in [9.17, 15) is 9.18 Å². The van der Waals surface area contributed by atoms with Gasteiger partial charge in [-0.3, -0.25) is 9.69 Å². The summed E-state index contributed by atoms with van der Waals surface area (Å²) < 4.78 is 13.3. The summed E-state index contributed by atoms with van der Waals surface area (Å²) in [7, 11) is 0. The van der Waals surface area contributed by atoms with Gasteiger partial charge in [0.1, 0.15) is 17.7 Å². The molecule has 1 aliphatic heterocycles. The lowest BCUT2D eigenvalue weighted by Crippen LogP contribution is -2.56. The van der Waals surface area contributed by atoms with Gasteiger partial charge in [-0.1, -0.05) is 30.3 Å². The van der Waals surface area contributed by atoms with Crippen LogP contribution in [-0.2, 0) is 24.2 Å². The highest BCUT2D eigenvalue weighted by Crippen LogP contribution is 2.20. The topological polar surface area (TPSA) is 84.1 Å². The summed E-state index contributed by atoms with van der Waals surface area (Å²) in [5.74, 6) is 0.274. The van der Waals surface area contributed by atoms with E-state index >= 15 is 0 Å². The Labute approximate surface area is 187 Å². The van der Waals surface area contributed by atoms with E-state index in [0.29, 0.717) is 13.1 Å². The van der Waals surface area contributed by atoms with Gasteiger partial charge in [0.2, 0.25) is 5.91 Å². The zero-order valence-electron chi connectivity index (χ0n) is 18.0. The Morgan fingerprint density at radius 3 is 2.81 bits per heavy atom. The van der Waals surface area contributed by atoms with E-state index in [-0.39, 0.29) is 17.8 Å². The molecule has 0 spiro atoms. The number of nitrogens with two attached hydrogens (primary N) is 1. The van der Waals surface area contributed by atoms with Crippen LogP contribution in [-0.4, -0.2) is 46.5 Å². The van der Waals surface area contributed by atoms with Crippen molar-refractivity contribution in [3.8, 4) is 11.3 Å². The highest BCUT2D eigenvalue weighted by molar-refractivity contribution is 5.80. The molecule has 1 fully saturated rings. The van der Waals surface area contributed by atoms with Crippen LogP contribution in [0.15, 0.2) is 60.8 Å². The number of aryl methyl sites for hydroxylation is 2. The summed E-state index contributed by atoms with van der Waals surface area (Å²) in [5, 5.41) is 3.23. The van der Waals surface area contributed by atoms with Crippen molar-refractivity contribution in [1.29, 1.82) is 0 Å². The fraction of sp³-hybridized carbons (Fsp3) is 0.320. The minimum absolute atomic E-state index is 0.205. The molecule has 1 saturated heterocycles. The molecule has 166 valence electrons. The SMILES string of the molecule is NC(=O)C1CNCCN1Cc1cccc(-c2ccnc(CCCc3cccc(F)c3)n2)c1. The summed E-state index contributed by atoms with van der Waals surface area (Å²) in [5.41, 5.74) is 9.56. The number of hydrogen-bond donors (Lipinski definition) is 2. The van der Waals surface area contributed by atoms with Gasteiger partial charge >= 0.3 is 0 Å². The van der Waals surface area contributed by atoms with Crippen LogP contribution in [0.1, 0.15) is 23.4 Å². The number of halogens is 1. The number of piperazine rings is 1. The van der Waals surface area contributed by atoms with Gasteiger partial charge < -0.3 is 11.1 Å². The van der Waals surface area contributed by atoms with Gasteiger partial charge in [0.25, 0.3) is 0 Å². The van der Waals surface area contributed by atoms with Gasteiger partial charge in [-0.05, 0) is 48.2 Å². The van der Waals surface area contributed by atoms with E-state index in [2.05, 4.69) is 27.3 Å². The summed E-state index contributed by atoms with van der Waals surface area (Å²) in [6, 6.07) is 16.5. The number of carbonyl (C=O) groups excluding carboxylic acids is 1. The van der Waals surface area contributed by atoms with Crippen molar-refractivity contribution in [2.24, 2.45) is 5.73 Å². The standard InChI is InChI=1S/C25H28FN5O/c26-21-8-2-4-18(15-21)5-3-9-24-29-11-10-22(30-24)20-7-1-6-19(14-20)17-31-13-12-28-16-23(31)25(27)32/h1-2,4,6-8,10-11,14-15,23,28H,3,5,9,12-13,16-17H2,(H2,27,32). The first-order chi connectivity index (χ1) is 15.6. The molecule has 2 aromatic carbocycles. The monoisotopic (exact) mass is 433 g/mol. The molecule has 2 heterocycles. The normalized spacial score (nSPS) is 16.7. The molecule has 6 nitrogen and oxygen atoms in total. The first-order valence-corrected chi connectivity index (χ1v) is 11.0. The van der Waals surface area contributed by atoms with Crippen LogP contribution in [0.5, 0.6) is 0 Å². The molecule has 0 aliphatic carbocycles. The van der Waals surface area contributed by atoms with Crippen LogP contribution in [0.3, 0.4) is 0 Å². The average Bonchev–Trinajstić information content (AvgIpc) is 2.80. The van der Waals surface area contributed by atoms with Crippen molar-refractivity contribution in [2.45, 2.75) is 31.8 Å². The molecule has 1 amide bonds. The van der Waals surface area contributed by atoms with Crippen LogP contribution in [0.4, 0.5) is 4.39 Å². The van der Waals surface area contributed by atoms with Gasteiger partial charge in [-0.2, -0.15) is 0 Å². The molecule has 1 aromatic heterocycles. The molecular formula is C25H28FN5O. The van der Waals surface area contributed by atoms with Crippen LogP contribution in [0, 0.1) is 5.82 Å². The fourth-order valence-corrected chi connectivity index (χ4v) is 4.10. The number of nitrogens with one attached hydrogen (secondary N) is 1. The molecule has 1 unspecified atom stereocenters. The summed E-state index contributed by atoms with van der Waals surface area (Å²) in [6.45, 7) is 2.86. The van der Waals surface area contributed by atoms with Crippen LogP contribution >= 0.6 is 0 Å². The maximum atomic E-state index is 13.3. The van der Waals surface area contributed by atoms with Gasteiger partial charge in [0.15, 0.2) is 0 Å². The fourth-order valence-electron chi connectivity index (χ4n) is 4.10. The zero-order valence-corrected chi connectivity index (χ0v) is 18.0. The predicted molar refractivity (Wildman–Crippen MR) is 122 cm³/mol. The molecule has 0 saturated carbocycles. The lowest BCUT2D eigenvalue weighted by Gasteiger charge is -2.34. The van der Waals surface area contributed by atoms with Gasteiger partial charge in [0.05, 0.1) is 5.69 Å². The molecule has 7 heteroatoms. The zero-order chi connectivity index (χ0) is 22.3. The average molecular weight is 434 g/mol. The molecule has 1 aliphatic rings. The summed E-state index contributed by atoms with van der Waals surface area (Å²) in [6.07, 6.45) is 4.15. The third-order valence-electron chi connectivity index (χ3n) is 5.75. The van der Waals surface area contributed by atoms with Crippen molar-refractivity contribution < 1.29 is 9.18 Å². The van der Waals surface area contributed by atoms with E-state index in [1.54, 1.807) is 18.3 Å². The van der Waals surface area contributed by atoms with Crippen molar-refractivity contribution in [1.82, 2.24) is 20.2 Å². The molecule has 3 N–H and O–H groups in total. The van der Waals surface area contributed by atoms with Crippen molar-refractivity contribution in [3.05, 3.63) is 83.6 Å². The highest BCUT2D eigenvalue weighted by atomic mass is 19.1. The Hall–Kier alpha value is -3.16. The number of primary amides is 1. The lowest BCUT2D eigenvalue weighted by molar-refractivity contribution is -0.124. The Balaban J connectivity index is 1.42. The second-order valence-electron chi connectivity index (χ2n) is 8.13. The van der Waals surface area contributed by atoms with Gasteiger partial charge in [-0.25, -0.2) is 14.4 Å². The number of hydrogen-bond acceptors (Lipinski definition) is 5. The Kier molecular flexibility index (Phi) is 7.19. The number of carbonyl (C=O) groups is 1. The second-order valence-corrected chi connectivity index (χ2v) is 8.13. The van der Waals surface area contributed by atoms with Crippen LogP contribution in [0.2, 0.25) is 0 Å². The number of benzene rings is 2. The summed E-state index contributed by atoms with van der Waals surface area (Å²) in [4.78, 5) is 23.0. The van der Waals surface area contributed by atoms with Crippen molar-refractivity contribution >= 4 is 5.91 Å². The maximum Gasteiger partial charge on any atom is 0.236 e. The van der Waals surface area contributed by atoms with Crippen molar-refractivity contribution in [3.63, 3.8) is 0 Å². The molecular weight excluding hydrogens is 405 g/mol. The molecule has 1 atom stereocenters. The Bertz CT molecular complexity index is 1070. The molecule has 4 rings (SSSR count). The molecule has 3 aromatic rings. The molecule has 0 radical (unpaired) electrons. The second kappa shape index (κ2) is 10.4. The van der Waals surface area contributed by atoms with Crippen LogP contribution < -0.4 is 11.1 Å². The minimum Gasteiger partial charge on any atom is -0.368 e. The van der Waals surface area contributed by atoms with E-state index in [1.165, 1.54) is 6.07 Å². The van der Waals surface area contributed by atoms with E-state index in [4.69, 9.17) is 10.7 Å². The molecule has 32 heavy (non-hydrogen) atoms. The third kappa shape index (κ3) is 5.75. The Morgan fingerprint density at radius 2 is 1.97 bits per heavy atom.